The average molecular weight is 502 g/mol. The summed E-state index contributed by atoms with van der Waals surface area (Å²) in [6, 6.07) is 6.97. The van der Waals surface area contributed by atoms with Crippen molar-refractivity contribution in [2.75, 3.05) is 31.6 Å². The van der Waals surface area contributed by atoms with Crippen LogP contribution < -0.4 is 20.9 Å². The number of rotatable bonds is 7. The van der Waals surface area contributed by atoms with Gasteiger partial charge in [-0.2, -0.15) is 5.06 Å². The highest BCUT2D eigenvalue weighted by molar-refractivity contribution is 6.15. The topological polar surface area (TPSA) is 109 Å². The molecule has 3 amide bonds. The fourth-order valence-electron chi connectivity index (χ4n) is 4.65. The van der Waals surface area contributed by atoms with E-state index in [4.69, 9.17) is 10.6 Å². The van der Waals surface area contributed by atoms with Crippen LogP contribution in [0.1, 0.15) is 35.1 Å². The summed E-state index contributed by atoms with van der Waals surface area (Å²) in [6.45, 7) is 5.45. The number of hydroxylamine groups is 2. The van der Waals surface area contributed by atoms with Crippen molar-refractivity contribution in [3.63, 3.8) is 0 Å². The van der Waals surface area contributed by atoms with Crippen LogP contribution in [0.3, 0.4) is 0 Å². The van der Waals surface area contributed by atoms with Gasteiger partial charge in [0.05, 0.1) is 6.61 Å². The Kier molecular flexibility index (Phi) is 7.23. The van der Waals surface area contributed by atoms with Crippen molar-refractivity contribution in [3.05, 3.63) is 58.4 Å². The number of hydrogen-bond donors (Lipinski definition) is 2. The number of aryl methyl sites for hydroxylation is 2. The first-order valence-corrected chi connectivity index (χ1v) is 11.6. The van der Waals surface area contributed by atoms with Crippen molar-refractivity contribution >= 4 is 23.5 Å². The zero-order chi connectivity index (χ0) is 26.0. The van der Waals surface area contributed by atoms with Gasteiger partial charge in [-0.3, -0.25) is 24.5 Å². The SMILES string of the molecule is Cc1cc(N(C)C(N)=O)cc(C)c1CCON1CCC2(CC1)N=C(c1ccc(F)c(OF)c1)NC2=O. The van der Waals surface area contributed by atoms with Crippen LogP contribution in [0, 0.1) is 19.7 Å². The number of nitrogens with zero attached hydrogens (tertiary/aromatic N) is 3. The Balaban J connectivity index is 1.34. The number of amides is 3. The van der Waals surface area contributed by atoms with Gasteiger partial charge in [0.15, 0.2) is 5.82 Å². The highest BCUT2D eigenvalue weighted by Gasteiger charge is 2.46. The first-order valence-electron chi connectivity index (χ1n) is 11.6. The highest BCUT2D eigenvalue weighted by atomic mass is 19.3. The smallest absolute Gasteiger partial charge is 0.318 e. The van der Waals surface area contributed by atoms with E-state index in [1.807, 2.05) is 31.0 Å². The molecule has 0 aliphatic carbocycles. The number of primary amides is 1. The minimum Gasteiger partial charge on any atom is -0.351 e. The van der Waals surface area contributed by atoms with Gasteiger partial charge in [-0.1, -0.05) is 0 Å². The average Bonchev–Trinajstić information content (AvgIpc) is 3.17. The van der Waals surface area contributed by atoms with Crippen molar-refractivity contribution in [2.24, 2.45) is 10.7 Å². The summed E-state index contributed by atoms with van der Waals surface area (Å²) in [4.78, 5) is 39.7. The molecule has 1 saturated heterocycles. The van der Waals surface area contributed by atoms with Crippen LogP contribution in [0.5, 0.6) is 5.75 Å². The molecule has 2 aromatic rings. The molecule has 11 heteroatoms. The van der Waals surface area contributed by atoms with E-state index in [1.54, 1.807) is 7.05 Å². The number of carbonyl (C=O) groups excluding carboxylic acids is 2. The quantitative estimate of drug-likeness (QED) is 0.606. The van der Waals surface area contributed by atoms with Crippen LogP contribution in [-0.4, -0.2) is 55.1 Å². The molecule has 1 fully saturated rings. The number of amidine groups is 1. The van der Waals surface area contributed by atoms with E-state index in [0.717, 1.165) is 34.5 Å². The summed E-state index contributed by atoms with van der Waals surface area (Å²) < 4.78 is 26.1. The number of halogens is 2. The van der Waals surface area contributed by atoms with E-state index in [9.17, 15) is 18.5 Å². The van der Waals surface area contributed by atoms with Crippen molar-refractivity contribution in [3.8, 4) is 5.75 Å². The molecule has 2 aliphatic heterocycles. The Morgan fingerprint density at radius 3 is 2.50 bits per heavy atom. The summed E-state index contributed by atoms with van der Waals surface area (Å²) in [5.74, 6) is -1.38. The highest BCUT2D eigenvalue weighted by Crippen LogP contribution is 2.32. The summed E-state index contributed by atoms with van der Waals surface area (Å²) in [7, 11) is 1.63. The molecule has 2 aliphatic rings. The maximum atomic E-state index is 13.5. The lowest BCUT2D eigenvalue weighted by atomic mass is 9.89. The summed E-state index contributed by atoms with van der Waals surface area (Å²) in [5.41, 5.74) is 8.78. The van der Waals surface area contributed by atoms with E-state index < -0.39 is 23.1 Å². The molecule has 4 rings (SSSR count). The third-order valence-corrected chi connectivity index (χ3v) is 6.84. The molecule has 0 aromatic heterocycles. The third kappa shape index (κ3) is 5.02. The zero-order valence-electron chi connectivity index (χ0n) is 20.4. The molecule has 3 N–H and O–H groups in total. The largest absolute Gasteiger partial charge is 0.351 e. The summed E-state index contributed by atoms with van der Waals surface area (Å²) in [5, 5.41) is 4.56. The molecule has 36 heavy (non-hydrogen) atoms. The van der Waals surface area contributed by atoms with Gasteiger partial charge in [0.1, 0.15) is 11.4 Å². The predicted octanol–water partition coefficient (Wildman–Crippen LogP) is 3.11. The van der Waals surface area contributed by atoms with Crippen LogP contribution in [-0.2, 0) is 16.1 Å². The number of urea groups is 1. The van der Waals surface area contributed by atoms with E-state index >= 15 is 0 Å². The van der Waals surface area contributed by atoms with Crippen LogP contribution in [0.25, 0.3) is 0 Å². The number of aliphatic imine (C=N–C) groups is 1. The van der Waals surface area contributed by atoms with E-state index in [1.165, 1.54) is 11.0 Å². The van der Waals surface area contributed by atoms with Crippen LogP contribution in [0.15, 0.2) is 35.3 Å². The van der Waals surface area contributed by atoms with E-state index in [-0.39, 0.29) is 11.7 Å². The third-order valence-electron chi connectivity index (χ3n) is 6.84. The Morgan fingerprint density at radius 2 is 1.89 bits per heavy atom. The Morgan fingerprint density at radius 1 is 1.22 bits per heavy atom. The minimum absolute atomic E-state index is 0.239. The molecule has 9 nitrogen and oxygen atoms in total. The van der Waals surface area contributed by atoms with Gasteiger partial charge in [0, 0.05) is 35.9 Å². The predicted molar refractivity (Wildman–Crippen MR) is 130 cm³/mol. The van der Waals surface area contributed by atoms with Gasteiger partial charge in [0.25, 0.3) is 5.91 Å². The number of benzene rings is 2. The van der Waals surface area contributed by atoms with Crippen molar-refractivity contribution in [1.82, 2.24) is 10.4 Å². The Labute approximate surface area is 207 Å². The van der Waals surface area contributed by atoms with Crippen LogP contribution in [0.2, 0.25) is 0 Å². The second-order valence-electron chi connectivity index (χ2n) is 9.14. The molecule has 1 spiro atoms. The molecule has 0 unspecified atom stereocenters. The molecule has 0 bridgehead atoms. The normalized spacial score (nSPS) is 17.1. The second-order valence-corrected chi connectivity index (χ2v) is 9.14. The van der Waals surface area contributed by atoms with Crippen LogP contribution in [0.4, 0.5) is 19.4 Å². The van der Waals surface area contributed by atoms with Crippen LogP contribution >= 0.6 is 0 Å². The Bertz CT molecular complexity index is 1190. The van der Waals surface area contributed by atoms with Crippen molar-refractivity contribution in [1.29, 1.82) is 0 Å². The number of nitrogens with one attached hydrogen (secondary N) is 1. The second kappa shape index (κ2) is 10.2. The minimum atomic E-state index is -0.935. The van der Waals surface area contributed by atoms with Gasteiger partial charge >= 0.3 is 6.03 Å². The number of carbonyl (C=O) groups is 2. The number of nitrogens with two attached hydrogens (primary N) is 1. The molecule has 2 heterocycles. The lowest BCUT2D eigenvalue weighted by Crippen LogP contribution is -2.49. The summed E-state index contributed by atoms with van der Waals surface area (Å²) >= 11 is 0. The zero-order valence-corrected chi connectivity index (χ0v) is 20.4. The van der Waals surface area contributed by atoms with Gasteiger partial charge in [-0.05, 0) is 80.1 Å². The van der Waals surface area contributed by atoms with E-state index in [2.05, 4.69) is 15.3 Å². The Hall–Kier alpha value is -3.57. The molecular formula is C25H29F2N5O4. The van der Waals surface area contributed by atoms with Crippen molar-refractivity contribution in [2.45, 2.75) is 38.6 Å². The maximum absolute atomic E-state index is 13.5. The molecular weight excluding hydrogens is 472 g/mol. The molecule has 192 valence electrons. The number of piperidine rings is 1. The van der Waals surface area contributed by atoms with Gasteiger partial charge < -0.3 is 11.1 Å². The summed E-state index contributed by atoms with van der Waals surface area (Å²) in [6.07, 6.45) is 1.58. The molecule has 2 aromatic carbocycles. The standard InChI is InChI=1S/C25H29F2N5O4/c1-15-12-18(31(3)24(28)34)13-16(2)19(15)6-11-35-32-9-7-25(8-10-32)23(33)29-22(30-25)17-4-5-20(26)21(14-17)36-27/h4-5,12-14H,6-11H2,1-3H3,(H2,28,34)(H,29,30,33). The molecule has 0 saturated carbocycles. The van der Waals surface area contributed by atoms with Gasteiger partial charge in [0.2, 0.25) is 5.75 Å². The fourth-order valence-corrected chi connectivity index (χ4v) is 4.65. The fraction of sp³-hybridized carbons (Fsp3) is 0.400. The molecule has 0 radical (unpaired) electrons. The number of anilines is 1. The monoisotopic (exact) mass is 501 g/mol. The number of hydrogen-bond acceptors (Lipinski definition) is 6. The van der Waals surface area contributed by atoms with Crippen molar-refractivity contribution < 1.29 is 28.3 Å². The van der Waals surface area contributed by atoms with Gasteiger partial charge in [-0.15, -0.1) is 0 Å². The molecule has 0 atom stereocenters. The van der Waals surface area contributed by atoms with Gasteiger partial charge in [-0.25, -0.2) is 9.18 Å². The maximum Gasteiger partial charge on any atom is 0.318 e. The first kappa shape index (κ1) is 25.5. The van der Waals surface area contributed by atoms with E-state index in [0.29, 0.717) is 44.5 Å². The lowest BCUT2D eigenvalue weighted by molar-refractivity contribution is -0.176. The first-order chi connectivity index (χ1) is 17.1. The lowest BCUT2D eigenvalue weighted by Gasteiger charge is -2.34.